The van der Waals surface area contributed by atoms with E-state index < -0.39 is 0 Å². The topological polar surface area (TPSA) is 68.2 Å². The molecule has 108 valence electrons. The van der Waals surface area contributed by atoms with Crippen LogP contribution in [0.15, 0.2) is 42.9 Å². The Balaban J connectivity index is 1.54. The molecule has 0 spiro atoms. The molecule has 0 aromatic carbocycles. The molecule has 21 heavy (non-hydrogen) atoms. The maximum absolute atomic E-state index is 12.3. The van der Waals surface area contributed by atoms with Gasteiger partial charge in [0.2, 0.25) is 0 Å². The van der Waals surface area contributed by atoms with E-state index in [0.29, 0.717) is 24.8 Å². The molecule has 6 nitrogen and oxygen atoms in total. The molecule has 1 fully saturated rings. The number of hydrogen-bond donors (Lipinski definition) is 0. The van der Waals surface area contributed by atoms with Crippen LogP contribution in [0.4, 0.5) is 0 Å². The third kappa shape index (κ3) is 3.34. The molecule has 6 heteroatoms. The zero-order chi connectivity index (χ0) is 14.5. The van der Waals surface area contributed by atoms with Crippen molar-refractivity contribution in [1.29, 1.82) is 0 Å². The third-order valence-electron chi connectivity index (χ3n) is 3.43. The van der Waals surface area contributed by atoms with Crippen LogP contribution in [0, 0.1) is 0 Å². The van der Waals surface area contributed by atoms with Crippen molar-refractivity contribution in [3.05, 3.63) is 48.5 Å². The Morgan fingerprint density at radius 2 is 1.76 bits per heavy atom. The van der Waals surface area contributed by atoms with Gasteiger partial charge in [0, 0.05) is 44.5 Å². The number of nitrogens with zero attached hydrogens (tertiary/aromatic N) is 4. The minimum absolute atomic E-state index is 0.0231. The SMILES string of the molecule is O=C(c1ccccn1)N1CCC(Oc2ncccn2)CC1. The van der Waals surface area contributed by atoms with E-state index in [1.807, 2.05) is 11.0 Å². The van der Waals surface area contributed by atoms with Crippen LogP contribution < -0.4 is 4.74 Å². The van der Waals surface area contributed by atoms with Crippen LogP contribution in [0.5, 0.6) is 6.01 Å². The molecule has 0 unspecified atom stereocenters. The molecule has 1 aliphatic rings. The number of ether oxygens (including phenoxy) is 1. The first-order valence-electron chi connectivity index (χ1n) is 6.97. The van der Waals surface area contributed by atoms with Crippen LogP contribution in [0.1, 0.15) is 23.3 Å². The molecule has 1 saturated heterocycles. The molecule has 0 N–H and O–H groups in total. The molecular formula is C15H16N4O2. The third-order valence-corrected chi connectivity index (χ3v) is 3.43. The Bertz CT molecular complexity index is 583. The smallest absolute Gasteiger partial charge is 0.316 e. The molecule has 0 radical (unpaired) electrons. The molecule has 0 bridgehead atoms. The number of likely N-dealkylation sites (tertiary alicyclic amines) is 1. The number of piperidine rings is 1. The summed E-state index contributed by atoms with van der Waals surface area (Å²) in [6.07, 6.45) is 6.55. The Kier molecular flexibility index (Phi) is 4.04. The molecule has 1 amide bonds. The van der Waals surface area contributed by atoms with E-state index in [9.17, 15) is 4.79 Å². The van der Waals surface area contributed by atoms with Crippen molar-refractivity contribution in [3.63, 3.8) is 0 Å². The van der Waals surface area contributed by atoms with Crippen molar-refractivity contribution in [2.75, 3.05) is 13.1 Å². The average molecular weight is 284 g/mol. The Morgan fingerprint density at radius 1 is 1.05 bits per heavy atom. The highest BCUT2D eigenvalue weighted by Gasteiger charge is 2.25. The molecule has 0 aliphatic carbocycles. The highest BCUT2D eigenvalue weighted by Crippen LogP contribution is 2.16. The number of pyridine rings is 1. The van der Waals surface area contributed by atoms with Gasteiger partial charge in [0.25, 0.3) is 5.91 Å². The second kappa shape index (κ2) is 6.30. The maximum atomic E-state index is 12.3. The van der Waals surface area contributed by atoms with Crippen LogP contribution in [0.3, 0.4) is 0 Å². The lowest BCUT2D eigenvalue weighted by Crippen LogP contribution is -2.42. The maximum Gasteiger partial charge on any atom is 0.316 e. The number of hydrogen-bond acceptors (Lipinski definition) is 5. The minimum atomic E-state index is -0.0231. The summed E-state index contributed by atoms with van der Waals surface area (Å²) in [6, 6.07) is 7.51. The van der Waals surface area contributed by atoms with Crippen molar-refractivity contribution in [2.45, 2.75) is 18.9 Å². The van der Waals surface area contributed by atoms with Gasteiger partial charge in [-0.25, -0.2) is 9.97 Å². The summed E-state index contributed by atoms with van der Waals surface area (Å²) in [5, 5.41) is 0. The van der Waals surface area contributed by atoms with Crippen LogP contribution >= 0.6 is 0 Å². The van der Waals surface area contributed by atoms with Crippen molar-refractivity contribution < 1.29 is 9.53 Å². The summed E-state index contributed by atoms with van der Waals surface area (Å²) in [6.45, 7) is 1.32. The molecule has 3 heterocycles. The standard InChI is InChI=1S/C15H16N4O2/c20-14(13-4-1-2-7-16-13)19-10-5-12(6-11-19)21-15-17-8-3-9-18-15/h1-4,7-9,12H,5-6,10-11H2. The van der Waals surface area contributed by atoms with E-state index in [4.69, 9.17) is 4.74 Å². The molecule has 0 atom stereocenters. The fourth-order valence-corrected chi connectivity index (χ4v) is 2.32. The molecule has 2 aromatic heterocycles. The van der Waals surface area contributed by atoms with Gasteiger partial charge >= 0.3 is 6.01 Å². The predicted octanol–water partition coefficient (Wildman–Crippen LogP) is 1.56. The summed E-state index contributed by atoms with van der Waals surface area (Å²) in [5.41, 5.74) is 0.489. The van der Waals surface area contributed by atoms with Crippen LogP contribution in [-0.4, -0.2) is 45.0 Å². The van der Waals surface area contributed by atoms with Crippen LogP contribution in [0.25, 0.3) is 0 Å². The van der Waals surface area contributed by atoms with Gasteiger partial charge in [-0.15, -0.1) is 0 Å². The second-order valence-electron chi connectivity index (χ2n) is 4.86. The van der Waals surface area contributed by atoms with Gasteiger partial charge in [-0.1, -0.05) is 6.07 Å². The van der Waals surface area contributed by atoms with E-state index >= 15 is 0 Å². The molecule has 0 saturated carbocycles. The van der Waals surface area contributed by atoms with E-state index in [0.717, 1.165) is 12.8 Å². The van der Waals surface area contributed by atoms with Gasteiger partial charge in [0.05, 0.1) is 0 Å². The van der Waals surface area contributed by atoms with Gasteiger partial charge in [-0.05, 0) is 18.2 Å². The first-order valence-corrected chi connectivity index (χ1v) is 6.97. The number of carbonyl (C=O) groups excluding carboxylic acids is 1. The molecule has 1 aliphatic heterocycles. The summed E-state index contributed by atoms with van der Waals surface area (Å²) in [7, 11) is 0. The number of carbonyl (C=O) groups is 1. The lowest BCUT2D eigenvalue weighted by atomic mass is 10.1. The second-order valence-corrected chi connectivity index (χ2v) is 4.86. The van der Waals surface area contributed by atoms with E-state index in [1.165, 1.54) is 0 Å². The highest BCUT2D eigenvalue weighted by atomic mass is 16.5. The zero-order valence-corrected chi connectivity index (χ0v) is 11.6. The molecule has 2 aromatic rings. The lowest BCUT2D eigenvalue weighted by Gasteiger charge is -2.31. The number of aromatic nitrogens is 3. The normalized spacial score (nSPS) is 15.7. The quantitative estimate of drug-likeness (QED) is 0.855. The van der Waals surface area contributed by atoms with Crippen LogP contribution in [0.2, 0.25) is 0 Å². The van der Waals surface area contributed by atoms with Gasteiger partial charge in [-0.2, -0.15) is 0 Å². The van der Waals surface area contributed by atoms with E-state index in [2.05, 4.69) is 15.0 Å². The molecule has 3 rings (SSSR count). The van der Waals surface area contributed by atoms with E-state index in [1.54, 1.807) is 36.8 Å². The number of amides is 1. The zero-order valence-electron chi connectivity index (χ0n) is 11.6. The monoisotopic (exact) mass is 284 g/mol. The van der Waals surface area contributed by atoms with Gasteiger partial charge in [0.15, 0.2) is 0 Å². The predicted molar refractivity (Wildman–Crippen MR) is 75.8 cm³/mol. The lowest BCUT2D eigenvalue weighted by molar-refractivity contribution is 0.0573. The van der Waals surface area contributed by atoms with Crippen LogP contribution in [-0.2, 0) is 0 Å². The summed E-state index contributed by atoms with van der Waals surface area (Å²) in [4.78, 5) is 26.3. The summed E-state index contributed by atoms with van der Waals surface area (Å²) in [5.74, 6) is -0.0231. The first-order chi connectivity index (χ1) is 10.3. The first kappa shape index (κ1) is 13.5. The minimum Gasteiger partial charge on any atom is -0.460 e. The fraction of sp³-hybridized carbons (Fsp3) is 0.333. The summed E-state index contributed by atoms with van der Waals surface area (Å²) < 4.78 is 5.71. The molecular weight excluding hydrogens is 268 g/mol. The Hall–Kier alpha value is -2.50. The highest BCUT2D eigenvalue weighted by molar-refractivity contribution is 5.92. The van der Waals surface area contributed by atoms with Gasteiger partial charge < -0.3 is 9.64 Å². The van der Waals surface area contributed by atoms with Gasteiger partial charge in [0.1, 0.15) is 11.8 Å². The fourth-order valence-electron chi connectivity index (χ4n) is 2.32. The van der Waals surface area contributed by atoms with Gasteiger partial charge in [-0.3, -0.25) is 9.78 Å². The number of rotatable bonds is 3. The Labute approximate surface area is 122 Å². The Morgan fingerprint density at radius 3 is 2.43 bits per heavy atom. The van der Waals surface area contributed by atoms with Crippen molar-refractivity contribution >= 4 is 5.91 Å². The largest absolute Gasteiger partial charge is 0.460 e. The van der Waals surface area contributed by atoms with Crippen molar-refractivity contribution in [1.82, 2.24) is 19.9 Å². The van der Waals surface area contributed by atoms with Crippen molar-refractivity contribution in [3.8, 4) is 6.01 Å². The van der Waals surface area contributed by atoms with E-state index in [-0.39, 0.29) is 12.0 Å². The average Bonchev–Trinajstić information content (AvgIpc) is 2.57. The summed E-state index contributed by atoms with van der Waals surface area (Å²) >= 11 is 0. The van der Waals surface area contributed by atoms with Crippen molar-refractivity contribution in [2.24, 2.45) is 0 Å².